The Balaban J connectivity index is 1.45. The molecule has 1 N–H and O–H groups in total. The zero-order chi connectivity index (χ0) is 24.1. The summed E-state index contributed by atoms with van der Waals surface area (Å²) in [4.78, 5) is 43.0. The standard InChI is InChI=1S/C26H30BrN3O4/c1-34-22-9-7-19(8-10-22)24(31)28-23(26(33)29-13-2-3-14-29)18-11-15-30(16-12-18)25(32)20-5-4-6-21(27)17-20/h4-10,17-18,23H,2-3,11-16H2,1H3,(H,28,31). The van der Waals surface area contributed by atoms with Crippen LogP contribution in [0.2, 0.25) is 0 Å². The third-order valence-corrected chi connectivity index (χ3v) is 7.19. The quantitative estimate of drug-likeness (QED) is 0.620. The summed E-state index contributed by atoms with van der Waals surface area (Å²) in [6.45, 7) is 2.57. The molecule has 8 heteroatoms. The van der Waals surface area contributed by atoms with Crippen molar-refractivity contribution in [1.29, 1.82) is 0 Å². The summed E-state index contributed by atoms with van der Waals surface area (Å²) < 4.78 is 6.04. The third kappa shape index (κ3) is 5.60. The number of hydrogen-bond donors (Lipinski definition) is 1. The number of nitrogens with one attached hydrogen (secondary N) is 1. The van der Waals surface area contributed by atoms with Crippen LogP contribution in [0, 0.1) is 5.92 Å². The Labute approximate surface area is 208 Å². The number of likely N-dealkylation sites (tertiary alicyclic amines) is 2. The molecule has 0 radical (unpaired) electrons. The van der Waals surface area contributed by atoms with Crippen LogP contribution >= 0.6 is 15.9 Å². The Bertz CT molecular complexity index is 1030. The van der Waals surface area contributed by atoms with Crippen LogP contribution in [0.1, 0.15) is 46.4 Å². The number of ether oxygens (including phenoxy) is 1. The second-order valence-electron chi connectivity index (χ2n) is 8.85. The van der Waals surface area contributed by atoms with Gasteiger partial charge in [0.15, 0.2) is 0 Å². The lowest BCUT2D eigenvalue weighted by Gasteiger charge is -2.37. The van der Waals surface area contributed by atoms with Gasteiger partial charge in [0.25, 0.3) is 11.8 Å². The highest BCUT2D eigenvalue weighted by Gasteiger charge is 2.37. The molecular weight excluding hydrogens is 498 g/mol. The average Bonchev–Trinajstić information content (AvgIpc) is 3.42. The first kappa shape index (κ1) is 24.3. The molecule has 0 aromatic heterocycles. The number of carbonyl (C=O) groups excluding carboxylic acids is 3. The van der Waals surface area contributed by atoms with Crippen LogP contribution < -0.4 is 10.1 Å². The maximum absolute atomic E-state index is 13.4. The van der Waals surface area contributed by atoms with Crippen molar-refractivity contribution in [2.45, 2.75) is 31.7 Å². The molecule has 4 rings (SSSR count). The monoisotopic (exact) mass is 527 g/mol. The van der Waals surface area contributed by atoms with Gasteiger partial charge in [-0.15, -0.1) is 0 Å². The van der Waals surface area contributed by atoms with Crippen molar-refractivity contribution in [3.63, 3.8) is 0 Å². The first-order valence-corrected chi connectivity index (χ1v) is 12.5. The number of piperidine rings is 1. The van der Waals surface area contributed by atoms with Crippen LogP contribution in [-0.4, -0.2) is 66.9 Å². The van der Waals surface area contributed by atoms with Gasteiger partial charge in [0.05, 0.1) is 7.11 Å². The van der Waals surface area contributed by atoms with Crippen LogP contribution in [0.4, 0.5) is 0 Å². The summed E-state index contributed by atoms with van der Waals surface area (Å²) in [6.07, 6.45) is 3.30. The number of methoxy groups -OCH3 is 1. The molecule has 2 aliphatic heterocycles. The third-order valence-electron chi connectivity index (χ3n) is 6.69. The van der Waals surface area contributed by atoms with Crippen molar-refractivity contribution in [1.82, 2.24) is 15.1 Å². The molecule has 7 nitrogen and oxygen atoms in total. The van der Waals surface area contributed by atoms with E-state index in [1.807, 2.05) is 34.1 Å². The maximum atomic E-state index is 13.4. The molecule has 2 fully saturated rings. The molecule has 180 valence electrons. The van der Waals surface area contributed by atoms with E-state index in [1.165, 1.54) is 0 Å². The number of hydrogen-bond acceptors (Lipinski definition) is 4. The van der Waals surface area contributed by atoms with Crippen molar-refractivity contribution in [2.24, 2.45) is 5.92 Å². The molecule has 0 spiro atoms. The van der Waals surface area contributed by atoms with E-state index >= 15 is 0 Å². The number of rotatable bonds is 6. The smallest absolute Gasteiger partial charge is 0.253 e. The number of amides is 3. The average molecular weight is 528 g/mol. The predicted molar refractivity (Wildman–Crippen MR) is 133 cm³/mol. The Hall–Kier alpha value is -2.87. The highest BCUT2D eigenvalue weighted by Crippen LogP contribution is 2.25. The number of benzene rings is 2. The summed E-state index contributed by atoms with van der Waals surface area (Å²) in [5, 5.41) is 3.02. The van der Waals surface area contributed by atoms with Crippen molar-refractivity contribution < 1.29 is 19.1 Å². The van der Waals surface area contributed by atoms with Crippen LogP contribution in [0.15, 0.2) is 53.0 Å². The van der Waals surface area contributed by atoms with E-state index in [-0.39, 0.29) is 23.6 Å². The topological polar surface area (TPSA) is 79.0 Å². The summed E-state index contributed by atoms with van der Waals surface area (Å²) in [5.41, 5.74) is 1.13. The van der Waals surface area contributed by atoms with E-state index in [1.54, 1.807) is 31.4 Å². The highest BCUT2D eigenvalue weighted by molar-refractivity contribution is 9.10. The van der Waals surface area contributed by atoms with Gasteiger partial charge in [-0.05, 0) is 74.1 Å². The maximum Gasteiger partial charge on any atom is 0.253 e. The fourth-order valence-corrected chi connectivity index (χ4v) is 5.12. The van der Waals surface area contributed by atoms with E-state index in [0.717, 1.165) is 30.4 Å². The molecule has 34 heavy (non-hydrogen) atoms. The Kier molecular flexibility index (Phi) is 7.88. The predicted octanol–water partition coefficient (Wildman–Crippen LogP) is 3.73. The molecule has 0 saturated carbocycles. The molecule has 0 bridgehead atoms. The van der Waals surface area contributed by atoms with Gasteiger partial charge in [-0.2, -0.15) is 0 Å². The molecule has 0 aliphatic carbocycles. The van der Waals surface area contributed by atoms with Gasteiger partial charge < -0.3 is 19.9 Å². The number of nitrogens with zero attached hydrogens (tertiary/aromatic N) is 2. The van der Waals surface area contributed by atoms with Gasteiger partial charge in [-0.1, -0.05) is 22.0 Å². The van der Waals surface area contributed by atoms with E-state index in [4.69, 9.17) is 4.74 Å². The van der Waals surface area contributed by atoms with Gasteiger partial charge in [-0.3, -0.25) is 14.4 Å². The minimum absolute atomic E-state index is 0.00978. The summed E-state index contributed by atoms with van der Waals surface area (Å²) in [6, 6.07) is 13.6. The first-order chi connectivity index (χ1) is 16.5. The van der Waals surface area contributed by atoms with E-state index < -0.39 is 6.04 Å². The van der Waals surface area contributed by atoms with Crippen LogP contribution in [0.25, 0.3) is 0 Å². The van der Waals surface area contributed by atoms with Gasteiger partial charge in [0.1, 0.15) is 11.8 Å². The summed E-state index contributed by atoms with van der Waals surface area (Å²) in [7, 11) is 1.58. The molecular formula is C26H30BrN3O4. The summed E-state index contributed by atoms with van der Waals surface area (Å²) in [5.74, 6) is 0.346. The molecule has 2 aromatic rings. The Morgan fingerprint density at radius 1 is 0.941 bits per heavy atom. The Morgan fingerprint density at radius 3 is 2.24 bits per heavy atom. The highest BCUT2D eigenvalue weighted by atomic mass is 79.9. The van der Waals surface area contributed by atoms with Crippen molar-refractivity contribution >= 4 is 33.7 Å². The minimum Gasteiger partial charge on any atom is -0.497 e. The second-order valence-corrected chi connectivity index (χ2v) is 9.77. The largest absolute Gasteiger partial charge is 0.497 e. The fourth-order valence-electron chi connectivity index (χ4n) is 4.72. The second kappa shape index (κ2) is 11.0. The van der Waals surface area contributed by atoms with Crippen LogP contribution in [-0.2, 0) is 4.79 Å². The number of halogens is 1. The van der Waals surface area contributed by atoms with E-state index in [2.05, 4.69) is 21.2 Å². The molecule has 1 unspecified atom stereocenters. The molecule has 2 aromatic carbocycles. The van der Waals surface area contributed by atoms with Crippen LogP contribution in [0.5, 0.6) is 5.75 Å². The zero-order valence-electron chi connectivity index (χ0n) is 19.3. The summed E-state index contributed by atoms with van der Waals surface area (Å²) >= 11 is 3.42. The van der Waals surface area contributed by atoms with E-state index in [0.29, 0.717) is 42.8 Å². The fraction of sp³-hybridized carbons (Fsp3) is 0.423. The molecule has 2 heterocycles. The lowest BCUT2D eigenvalue weighted by Crippen LogP contribution is -2.54. The molecule has 1 atom stereocenters. The van der Waals surface area contributed by atoms with Crippen LogP contribution in [0.3, 0.4) is 0 Å². The minimum atomic E-state index is -0.601. The molecule has 3 amide bonds. The van der Waals surface area contributed by atoms with Crippen molar-refractivity contribution in [3.05, 3.63) is 64.1 Å². The Morgan fingerprint density at radius 2 is 1.62 bits per heavy atom. The number of carbonyl (C=O) groups is 3. The van der Waals surface area contributed by atoms with Crippen molar-refractivity contribution in [3.8, 4) is 5.75 Å². The molecule has 2 saturated heterocycles. The van der Waals surface area contributed by atoms with Crippen molar-refractivity contribution in [2.75, 3.05) is 33.3 Å². The SMILES string of the molecule is COc1ccc(C(=O)NC(C(=O)N2CCCC2)C2CCN(C(=O)c3cccc(Br)c3)CC2)cc1. The van der Waals surface area contributed by atoms with Gasteiger partial charge in [0.2, 0.25) is 5.91 Å². The lowest BCUT2D eigenvalue weighted by atomic mass is 9.88. The van der Waals surface area contributed by atoms with E-state index in [9.17, 15) is 14.4 Å². The first-order valence-electron chi connectivity index (χ1n) is 11.7. The van der Waals surface area contributed by atoms with Gasteiger partial charge >= 0.3 is 0 Å². The molecule has 2 aliphatic rings. The van der Waals surface area contributed by atoms with Gasteiger partial charge in [0, 0.05) is 41.8 Å². The van der Waals surface area contributed by atoms with Gasteiger partial charge in [-0.25, -0.2) is 0 Å². The lowest BCUT2D eigenvalue weighted by molar-refractivity contribution is -0.134. The normalized spacial score (nSPS) is 17.4. The zero-order valence-corrected chi connectivity index (χ0v) is 20.9.